The summed E-state index contributed by atoms with van der Waals surface area (Å²) in [7, 11) is 0. The van der Waals surface area contributed by atoms with E-state index in [1.165, 1.54) is 21.0 Å². The van der Waals surface area contributed by atoms with Crippen molar-refractivity contribution in [3.8, 4) is 0 Å². The van der Waals surface area contributed by atoms with E-state index in [2.05, 4.69) is 72.8 Å². The zero-order valence-corrected chi connectivity index (χ0v) is 16.3. The highest BCUT2D eigenvalue weighted by molar-refractivity contribution is 8.06. The van der Waals surface area contributed by atoms with Gasteiger partial charge >= 0.3 is 0 Å². The maximum Gasteiger partial charge on any atom is -0.00639 e. The van der Waals surface area contributed by atoms with Crippen LogP contribution in [-0.4, -0.2) is 0 Å². The molecule has 0 aromatic carbocycles. The van der Waals surface area contributed by atoms with E-state index in [9.17, 15) is 0 Å². The Balaban J connectivity index is 0.00000191. The third-order valence-electron chi connectivity index (χ3n) is 3.81. The van der Waals surface area contributed by atoms with Crippen LogP contribution in [0.3, 0.4) is 0 Å². The van der Waals surface area contributed by atoms with Crippen LogP contribution in [0.5, 0.6) is 0 Å². The van der Waals surface area contributed by atoms with Crippen molar-refractivity contribution in [3.63, 3.8) is 0 Å². The van der Waals surface area contributed by atoms with Gasteiger partial charge in [-0.25, -0.2) is 0 Å². The van der Waals surface area contributed by atoms with Crippen molar-refractivity contribution >= 4 is 11.8 Å². The van der Waals surface area contributed by atoms with Crippen molar-refractivity contribution in [2.24, 2.45) is 17.8 Å². The van der Waals surface area contributed by atoms with Gasteiger partial charge in [0.25, 0.3) is 0 Å². The smallest absolute Gasteiger partial charge is 0.00639 e. The molecule has 0 spiro atoms. The van der Waals surface area contributed by atoms with Crippen LogP contribution in [0.1, 0.15) is 62.3 Å². The molecule has 2 atom stereocenters. The first kappa shape index (κ1) is 20.3. The second kappa shape index (κ2) is 10.1. The summed E-state index contributed by atoms with van der Waals surface area (Å²) in [6.07, 6.45) is 9.10. The second-order valence-electron chi connectivity index (χ2n) is 6.13. The van der Waals surface area contributed by atoms with Gasteiger partial charge in [-0.15, -0.1) is 0 Å². The zero-order valence-electron chi connectivity index (χ0n) is 15.4. The van der Waals surface area contributed by atoms with Crippen molar-refractivity contribution in [1.82, 2.24) is 0 Å². The summed E-state index contributed by atoms with van der Waals surface area (Å²) >= 11 is 1.96. The van der Waals surface area contributed by atoms with E-state index < -0.39 is 0 Å². The minimum Gasteiger partial charge on any atom is -0.0984 e. The molecule has 0 aromatic rings. The van der Waals surface area contributed by atoms with Crippen LogP contribution in [0.2, 0.25) is 0 Å². The Labute approximate surface area is 137 Å². The SMILES string of the molecule is CC.CC(C)=C/C=C(/SC1=CC=C(C)C(C)C1C)C(C)C. The van der Waals surface area contributed by atoms with Crippen LogP contribution in [0, 0.1) is 17.8 Å². The summed E-state index contributed by atoms with van der Waals surface area (Å²) in [5.41, 5.74) is 2.85. The van der Waals surface area contributed by atoms with Crippen molar-refractivity contribution in [1.29, 1.82) is 0 Å². The van der Waals surface area contributed by atoms with Crippen molar-refractivity contribution in [3.05, 3.63) is 45.3 Å². The van der Waals surface area contributed by atoms with Gasteiger partial charge in [0.2, 0.25) is 0 Å². The van der Waals surface area contributed by atoms with Crippen LogP contribution in [0.25, 0.3) is 0 Å². The third-order valence-corrected chi connectivity index (χ3v) is 5.40. The largest absolute Gasteiger partial charge is 0.0984 e. The highest BCUT2D eigenvalue weighted by Gasteiger charge is 2.22. The van der Waals surface area contributed by atoms with E-state index in [1.54, 1.807) is 0 Å². The maximum absolute atomic E-state index is 2.35. The highest BCUT2D eigenvalue weighted by Crippen LogP contribution is 2.41. The Morgan fingerprint density at radius 2 is 1.62 bits per heavy atom. The van der Waals surface area contributed by atoms with Crippen molar-refractivity contribution < 1.29 is 0 Å². The molecule has 0 nitrogen and oxygen atoms in total. The van der Waals surface area contributed by atoms with E-state index in [4.69, 9.17) is 0 Å². The lowest BCUT2D eigenvalue weighted by atomic mass is 9.85. The topological polar surface area (TPSA) is 0 Å². The van der Waals surface area contributed by atoms with E-state index >= 15 is 0 Å². The minimum absolute atomic E-state index is 0.580. The normalized spacial score (nSPS) is 22.1. The molecule has 0 aromatic heterocycles. The predicted molar refractivity (Wildman–Crippen MR) is 101 cm³/mol. The second-order valence-corrected chi connectivity index (χ2v) is 7.27. The van der Waals surface area contributed by atoms with Gasteiger partial charge in [0, 0.05) is 0 Å². The Hall–Kier alpha value is -0.690. The molecule has 0 bridgehead atoms. The molecular weight excluding hydrogens is 272 g/mol. The Bertz CT molecular complexity index is 429. The fourth-order valence-electron chi connectivity index (χ4n) is 2.01. The Morgan fingerprint density at radius 3 is 2.10 bits per heavy atom. The molecular formula is C20H34S. The number of allylic oxidation sites excluding steroid dienone is 8. The first-order valence-electron chi connectivity index (χ1n) is 8.24. The maximum atomic E-state index is 2.35. The third kappa shape index (κ3) is 6.74. The van der Waals surface area contributed by atoms with Gasteiger partial charge in [0.15, 0.2) is 0 Å². The average molecular weight is 307 g/mol. The molecule has 0 heterocycles. The van der Waals surface area contributed by atoms with Crippen LogP contribution < -0.4 is 0 Å². The average Bonchev–Trinajstić information content (AvgIpc) is 2.44. The Morgan fingerprint density at radius 1 is 1.05 bits per heavy atom. The molecule has 21 heavy (non-hydrogen) atoms. The molecule has 0 amide bonds. The molecule has 1 rings (SSSR count). The lowest BCUT2D eigenvalue weighted by Gasteiger charge is -2.27. The lowest BCUT2D eigenvalue weighted by molar-refractivity contribution is 0.516. The summed E-state index contributed by atoms with van der Waals surface area (Å²) in [5.74, 6) is 1.87. The van der Waals surface area contributed by atoms with E-state index in [1.807, 2.05) is 25.6 Å². The molecule has 120 valence electrons. The molecule has 2 unspecified atom stereocenters. The van der Waals surface area contributed by atoms with E-state index in [-0.39, 0.29) is 0 Å². The molecule has 1 aliphatic carbocycles. The fraction of sp³-hybridized carbons (Fsp3) is 0.600. The number of thioether (sulfide) groups is 1. The quantitative estimate of drug-likeness (QED) is 0.489. The van der Waals surface area contributed by atoms with Crippen LogP contribution in [0.15, 0.2) is 45.3 Å². The van der Waals surface area contributed by atoms with Gasteiger partial charge in [-0.2, -0.15) is 0 Å². The molecule has 0 N–H and O–H groups in total. The number of hydrogen-bond acceptors (Lipinski definition) is 1. The molecule has 0 fully saturated rings. The minimum atomic E-state index is 0.580. The summed E-state index contributed by atoms with van der Waals surface area (Å²) in [4.78, 5) is 2.96. The molecule has 1 heteroatoms. The molecule has 0 saturated carbocycles. The molecule has 0 radical (unpaired) electrons. The fourth-order valence-corrected chi connectivity index (χ4v) is 3.18. The first-order valence-corrected chi connectivity index (χ1v) is 9.05. The summed E-state index contributed by atoms with van der Waals surface area (Å²) in [6, 6.07) is 0. The van der Waals surface area contributed by atoms with Gasteiger partial charge in [-0.1, -0.05) is 88.8 Å². The summed E-state index contributed by atoms with van der Waals surface area (Å²) in [5, 5.41) is 0. The number of rotatable bonds is 4. The molecule has 0 saturated heterocycles. The van der Waals surface area contributed by atoms with Crippen LogP contribution in [-0.2, 0) is 0 Å². The first-order chi connectivity index (χ1) is 9.82. The predicted octanol–water partition coefficient (Wildman–Crippen LogP) is 7.37. The van der Waals surface area contributed by atoms with Gasteiger partial charge < -0.3 is 0 Å². The standard InChI is InChI=1S/C18H28S.C2H6/c1-12(2)8-10-17(13(3)4)19-18-11-9-14(5)15(6)16(18)7;1-2/h8-11,13,15-16H,1-7H3;1-2H3/b17-10+;. The Kier molecular flexibility index (Phi) is 9.77. The molecule has 1 aliphatic rings. The monoisotopic (exact) mass is 306 g/mol. The summed E-state index contributed by atoms with van der Waals surface area (Å²) in [6.45, 7) is 19.8. The highest BCUT2D eigenvalue weighted by atomic mass is 32.2. The van der Waals surface area contributed by atoms with E-state index in [0.717, 1.165) is 0 Å². The van der Waals surface area contributed by atoms with Gasteiger partial charge in [0.05, 0.1) is 0 Å². The van der Waals surface area contributed by atoms with Crippen LogP contribution >= 0.6 is 11.8 Å². The van der Waals surface area contributed by atoms with E-state index in [0.29, 0.717) is 17.8 Å². The summed E-state index contributed by atoms with van der Waals surface area (Å²) < 4.78 is 0. The van der Waals surface area contributed by atoms with Gasteiger partial charge in [0.1, 0.15) is 0 Å². The van der Waals surface area contributed by atoms with Gasteiger partial charge in [-0.3, -0.25) is 0 Å². The van der Waals surface area contributed by atoms with Gasteiger partial charge in [-0.05, 0) is 48.3 Å². The lowest BCUT2D eigenvalue weighted by Crippen LogP contribution is -2.14. The molecule has 0 aliphatic heterocycles. The van der Waals surface area contributed by atoms with Crippen LogP contribution in [0.4, 0.5) is 0 Å². The van der Waals surface area contributed by atoms with Crippen molar-refractivity contribution in [2.75, 3.05) is 0 Å². The zero-order chi connectivity index (χ0) is 16.6. The number of hydrogen-bond donors (Lipinski definition) is 0. The van der Waals surface area contributed by atoms with Crippen molar-refractivity contribution in [2.45, 2.75) is 62.3 Å².